The molecule has 3 rings (SSSR count). The Hall–Kier alpha value is -2.67. The minimum absolute atomic E-state index is 0.246. The highest BCUT2D eigenvalue weighted by Gasteiger charge is 2.38. The number of aromatic nitrogens is 1. The molecule has 3 N–H and O–H groups in total. The van der Waals surface area contributed by atoms with Crippen molar-refractivity contribution >= 4 is 22.7 Å². The molecule has 1 saturated heterocycles. The van der Waals surface area contributed by atoms with E-state index in [2.05, 4.69) is 5.32 Å². The molecule has 7 heteroatoms. The number of nitrogens with zero attached hydrogens (tertiary/aromatic N) is 2. The molecule has 2 atom stereocenters. The third kappa shape index (κ3) is 2.56. The zero-order valence-corrected chi connectivity index (χ0v) is 13.7. The predicted octanol–water partition coefficient (Wildman–Crippen LogP) is -0.174. The smallest absolute Gasteiger partial charge is 0.255 e. The fourth-order valence-corrected chi connectivity index (χ4v) is 3.25. The number of hydrogen-bond donors (Lipinski definition) is 2. The summed E-state index contributed by atoms with van der Waals surface area (Å²) >= 11 is 0. The second kappa shape index (κ2) is 6.09. The number of carbonyl (C=O) groups excluding carboxylic acids is 2. The van der Waals surface area contributed by atoms with Crippen LogP contribution in [0.4, 0.5) is 0 Å². The number of amides is 2. The van der Waals surface area contributed by atoms with E-state index in [1.54, 1.807) is 19.2 Å². The number of nitrogens with one attached hydrogen (secondary N) is 1. The van der Waals surface area contributed by atoms with Crippen LogP contribution in [0.5, 0.6) is 0 Å². The molecule has 1 aromatic heterocycles. The van der Waals surface area contributed by atoms with E-state index in [1.165, 1.54) is 22.6 Å². The first-order valence-electron chi connectivity index (χ1n) is 7.81. The van der Waals surface area contributed by atoms with Crippen LogP contribution in [0.15, 0.2) is 35.1 Å². The van der Waals surface area contributed by atoms with Crippen molar-refractivity contribution in [2.45, 2.75) is 18.5 Å². The highest BCUT2D eigenvalue weighted by molar-refractivity contribution is 6.07. The monoisotopic (exact) mass is 328 g/mol. The highest BCUT2D eigenvalue weighted by atomic mass is 16.2. The maximum absolute atomic E-state index is 13.0. The Kier molecular flexibility index (Phi) is 4.11. The number of likely N-dealkylation sites (tertiary alicyclic amines) is 1. The summed E-state index contributed by atoms with van der Waals surface area (Å²) in [6.45, 7) is 0.292. The van der Waals surface area contributed by atoms with Crippen molar-refractivity contribution in [3.05, 3.63) is 46.2 Å². The number of carbonyl (C=O) groups is 2. The van der Waals surface area contributed by atoms with Gasteiger partial charge in [0, 0.05) is 38.1 Å². The molecule has 1 aliphatic heterocycles. The number of benzene rings is 1. The second-order valence-corrected chi connectivity index (χ2v) is 6.06. The van der Waals surface area contributed by atoms with Crippen LogP contribution >= 0.6 is 0 Å². The minimum Gasteiger partial charge on any atom is -0.357 e. The van der Waals surface area contributed by atoms with E-state index in [0.29, 0.717) is 29.4 Å². The SMILES string of the molecule is CNC(=O)[C@@H]1C[C@H](N)CN1C(=O)c1cc(=O)n(C)c2ccccc12. The fraction of sp³-hybridized carbons (Fsp3) is 0.353. The van der Waals surface area contributed by atoms with Crippen LogP contribution < -0.4 is 16.6 Å². The Morgan fingerprint density at radius 3 is 2.71 bits per heavy atom. The molecule has 0 unspecified atom stereocenters. The Bertz CT molecular complexity index is 874. The van der Waals surface area contributed by atoms with E-state index in [0.717, 1.165) is 0 Å². The van der Waals surface area contributed by atoms with Gasteiger partial charge in [0.2, 0.25) is 5.91 Å². The lowest BCUT2D eigenvalue weighted by Gasteiger charge is -2.24. The van der Waals surface area contributed by atoms with Crippen LogP contribution in [0.3, 0.4) is 0 Å². The highest BCUT2D eigenvalue weighted by Crippen LogP contribution is 2.23. The van der Waals surface area contributed by atoms with Gasteiger partial charge in [-0.3, -0.25) is 14.4 Å². The first kappa shape index (κ1) is 16.2. The van der Waals surface area contributed by atoms with Gasteiger partial charge in [0.25, 0.3) is 11.5 Å². The van der Waals surface area contributed by atoms with Gasteiger partial charge in [-0.25, -0.2) is 0 Å². The third-order valence-electron chi connectivity index (χ3n) is 4.53. The summed E-state index contributed by atoms with van der Waals surface area (Å²) in [5, 5.41) is 3.25. The number of fused-ring (bicyclic) bond motifs is 1. The van der Waals surface area contributed by atoms with Crippen LogP contribution in [-0.2, 0) is 11.8 Å². The predicted molar refractivity (Wildman–Crippen MR) is 90.7 cm³/mol. The zero-order valence-electron chi connectivity index (χ0n) is 13.7. The summed E-state index contributed by atoms with van der Waals surface area (Å²) in [5.41, 5.74) is 6.66. The van der Waals surface area contributed by atoms with Crippen molar-refractivity contribution in [2.24, 2.45) is 12.8 Å². The first-order chi connectivity index (χ1) is 11.4. The number of likely N-dealkylation sites (N-methyl/N-ethyl adjacent to an activating group) is 1. The van der Waals surface area contributed by atoms with E-state index < -0.39 is 6.04 Å². The Balaban J connectivity index is 2.10. The maximum Gasteiger partial charge on any atom is 0.255 e. The molecule has 0 radical (unpaired) electrons. The van der Waals surface area contributed by atoms with E-state index in [4.69, 9.17) is 5.73 Å². The lowest BCUT2D eigenvalue weighted by atomic mass is 10.1. The molecule has 2 heterocycles. The zero-order chi connectivity index (χ0) is 17.4. The molecule has 2 aromatic rings. The summed E-state index contributed by atoms with van der Waals surface area (Å²) in [7, 11) is 3.19. The Morgan fingerprint density at radius 2 is 2.00 bits per heavy atom. The number of aryl methyl sites for hydroxylation is 1. The van der Waals surface area contributed by atoms with Gasteiger partial charge < -0.3 is 20.5 Å². The van der Waals surface area contributed by atoms with Gasteiger partial charge in [-0.1, -0.05) is 18.2 Å². The fourth-order valence-electron chi connectivity index (χ4n) is 3.25. The average Bonchev–Trinajstić information content (AvgIpc) is 2.98. The summed E-state index contributed by atoms with van der Waals surface area (Å²) in [4.78, 5) is 38.8. The largest absolute Gasteiger partial charge is 0.357 e. The average molecular weight is 328 g/mol. The number of hydrogen-bond acceptors (Lipinski definition) is 4. The van der Waals surface area contributed by atoms with Crippen molar-refractivity contribution in [3.63, 3.8) is 0 Å². The first-order valence-corrected chi connectivity index (χ1v) is 7.81. The van der Waals surface area contributed by atoms with E-state index in [-0.39, 0.29) is 23.4 Å². The van der Waals surface area contributed by atoms with Gasteiger partial charge in [-0.05, 0) is 12.5 Å². The van der Waals surface area contributed by atoms with Gasteiger partial charge in [0.15, 0.2) is 0 Å². The molecule has 126 valence electrons. The molecule has 1 fully saturated rings. The van der Waals surface area contributed by atoms with E-state index >= 15 is 0 Å². The van der Waals surface area contributed by atoms with Gasteiger partial charge in [0.1, 0.15) is 6.04 Å². The third-order valence-corrected chi connectivity index (χ3v) is 4.53. The lowest BCUT2D eigenvalue weighted by Crippen LogP contribution is -2.45. The number of nitrogens with two attached hydrogens (primary N) is 1. The van der Waals surface area contributed by atoms with Gasteiger partial charge in [0.05, 0.1) is 11.1 Å². The van der Waals surface area contributed by atoms with Crippen molar-refractivity contribution < 1.29 is 9.59 Å². The molecule has 1 aromatic carbocycles. The van der Waals surface area contributed by atoms with Crippen molar-refractivity contribution in [3.8, 4) is 0 Å². The molecule has 0 saturated carbocycles. The number of pyridine rings is 1. The van der Waals surface area contributed by atoms with Crippen LogP contribution in [0.2, 0.25) is 0 Å². The summed E-state index contributed by atoms with van der Waals surface area (Å²) in [6, 6.07) is 7.68. The Labute approximate surface area is 139 Å². The van der Waals surface area contributed by atoms with Crippen molar-refractivity contribution in [2.75, 3.05) is 13.6 Å². The molecule has 7 nitrogen and oxygen atoms in total. The van der Waals surface area contributed by atoms with Crippen LogP contribution in [-0.4, -0.2) is 47.0 Å². The van der Waals surface area contributed by atoms with E-state index in [1.807, 2.05) is 12.1 Å². The normalized spacial score (nSPS) is 20.4. The molecule has 0 spiro atoms. The standard InChI is InChI=1S/C17H20N4O3/c1-19-16(23)14-7-10(18)9-21(14)17(24)12-8-15(22)20(2)13-6-4-3-5-11(12)13/h3-6,8,10,14H,7,9,18H2,1-2H3,(H,19,23)/t10-,14-/m0/s1. The quantitative estimate of drug-likeness (QED) is 0.799. The van der Waals surface area contributed by atoms with Crippen LogP contribution in [0, 0.1) is 0 Å². The van der Waals surface area contributed by atoms with Gasteiger partial charge in [-0.2, -0.15) is 0 Å². The van der Waals surface area contributed by atoms with Crippen LogP contribution in [0.1, 0.15) is 16.8 Å². The maximum atomic E-state index is 13.0. The van der Waals surface area contributed by atoms with Gasteiger partial charge in [-0.15, -0.1) is 0 Å². The van der Waals surface area contributed by atoms with Crippen LogP contribution in [0.25, 0.3) is 10.9 Å². The Morgan fingerprint density at radius 1 is 1.29 bits per heavy atom. The molecule has 1 aliphatic rings. The second-order valence-electron chi connectivity index (χ2n) is 6.06. The molecule has 0 aliphatic carbocycles. The van der Waals surface area contributed by atoms with Crippen molar-refractivity contribution in [1.82, 2.24) is 14.8 Å². The van der Waals surface area contributed by atoms with Crippen molar-refractivity contribution in [1.29, 1.82) is 0 Å². The topological polar surface area (TPSA) is 97.4 Å². The molecule has 2 amide bonds. The minimum atomic E-state index is -0.611. The van der Waals surface area contributed by atoms with Gasteiger partial charge >= 0.3 is 0 Å². The summed E-state index contributed by atoms with van der Waals surface area (Å²) in [5.74, 6) is -0.588. The summed E-state index contributed by atoms with van der Waals surface area (Å²) < 4.78 is 1.50. The number of rotatable bonds is 2. The molecular formula is C17H20N4O3. The molecule has 24 heavy (non-hydrogen) atoms. The summed E-state index contributed by atoms with van der Waals surface area (Å²) in [6.07, 6.45) is 0.411. The molecular weight excluding hydrogens is 308 g/mol. The lowest BCUT2D eigenvalue weighted by molar-refractivity contribution is -0.124. The van der Waals surface area contributed by atoms with E-state index in [9.17, 15) is 14.4 Å². The molecule has 0 bridgehead atoms. The number of para-hydroxylation sites is 1.